The van der Waals surface area contributed by atoms with E-state index in [0.717, 1.165) is 0 Å². The SMILES string of the molecule is CC(C)COC(=O)NC(Cc1ccc(O)cc1)C(=O)O. The molecular formula is C14H19NO5. The number of alkyl carbamates (subject to hydrolysis) is 1. The van der Waals surface area contributed by atoms with Crippen LogP contribution in [0, 0.1) is 5.92 Å². The van der Waals surface area contributed by atoms with Gasteiger partial charge in [0.1, 0.15) is 11.8 Å². The van der Waals surface area contributed by atoms with Gasteiger partial charge in [0.05, 0.1) is 6.61 Å². The molecule has 110 valence electrons. The van der Waals surface area contributed by atoms with Gasteiger partial charge in [0.2, 0.25) is 0 Å². The highest BCUT2D eigenvalue weighted by Gasteiger charge is 2.21. The van der Waals surface area contributed by atoms with Gasteiger partial charge in [-0.15, -0.1) is 0 Å². The molecule has 1 unspecified atom stereocenters. The Morgan fingerprint density at radius 1 is 1.25 bits per heavy atom. The van der Waals surface area contributed by atoms with Crippen LogP contribution in [0.25, 0.3) is 0 Å². The molecule has 20 heavy (non-hydrogen) atoms. The van der Waals surface area contributed by atoms with Crippen molar-refractivity contribution < 1.29 is 24.5 Å². The summed E-state index contributed by atoms with van der Waals surface area (Å²) in [5, 5.41) is 20.6. The molecule has 1 amide bonds. The zero-order valence-electron chi connectivity index (χ0n) is 11.5. The number of nitrogens with one attached hydrogen (secondary N) is 1. The maximum Gasteiger partial charge on any atom is 0.407 e. The van der Waals surface area contributed by atoms with E-state index in [-0.39, 0.29) is 24.7 Å². The molecule has 6 heteroatoms. The van der Waals surface area contributed by atoms with Gasteiger partial charge in [0.25, 0.3) is 0 Å². The largest absolute Gasteiger partial charge is 0.508 e. The van der Waals surface area contributed by atoms with E-state index in [0.29, 0.717) is 5.56 Å². The normalized spacial score (nSPS) is 11.9. The van der Waals surface area contributed by atoms with Crippen LogP contribution in [0.3, 0.4) is 0 Å². The van der Waals surface area contributed by atoms with Crippen molar-refractivity contribution in [1.82, 2.24) is 5.32 Å². The number of phenolic OH excluding ortho intramolecular Hbond substituents is 1. The van der Waals surface area contributed by atoms with E-state index in [1.54, 1.807) is 12.1 Å². The molecule has 0 aliphatic rings. The number of carboxylic acid groups (broad SMARTS) is 1. The molecule has 0 saturated carbocycles. The van der Waals surface area contributed by atoms with Crippen LogP contribution in [-0.4, -0.2) is 34.9 Å². The Hall–Kier alpha value is -2.24. The third kappa shape index (κ3) is 5.60. The van der Waals surface area contributed by atoms with Gasteiger partial charge >= 0.3 is 12.1 Å². The van der Waals surface area contributed by atoms with Crippen LogP contribution < -0.4 is 5.32 Å². The summed E-state index contributed by atoms with van der Waals surface area (Å²) in [5.74, 6) is -0.856. The number of carbonyl (C=O) groups is 2. The van der Waals surface area contributed by atoms with Crippen LogP contribution in [0.5, 0.6) is 5.75 Å². The highest BCUT2D eigenvalue weighted by molar-refractivity contribution is 5.80. The zero-order chi connectivity index (χ0) is 15.1. The van der Waals surface area contributed by atoms with Crippen LogP contribution in [0.2, 0.25) is 0 Å². The minimum absolute atomic E-state index is 0.102. The van der Waals surface area contributed by atoms with E-state index in [1.165, 1.54) is 12.1 Å². The van der Waals surface area contributed by atoms with Gasteiger partial charge in [0, 0.05) is 6.42 Å². The van der Waals surface area contributed by atoms with Gasteiger partial charge in [-0.3, -0.25) is 0 Å². The lowest BCUT2D eigenvalue weighted by Crippen LogP contribution is -2.42. The Morgan fingerprint density at radius 2 is 1.85 bits per heavy atom. The van der Waals surface area contributed by atoms with Crippen molar-refractivity contribution in [2.45, 2.75) is 26.3 Å². The Kier molecular flexibility index (Phi) is 5.83. The first-order valence-electron chi connectivity index (χ1n) is 6.32. The van der Waals surface area contributed by atoms with Gasteiger partial charge in [0.15, 0.2) is 0 Å². The van der Waals surface area contributed by atoms with E-state index >= 15 is 0 Å². The van der Waals surface area contributed by atoms with Crippen molar-refractivity contribution in [3.63, 3.8) is 0 Å². The average Bonchev–Trinajstić information content (AvgIpc) is 2.38. The predicted octanol–water partition coefficient (Wildman–Crippen LogP) is 1.77. The van der Waals surface area contributed by atoms with Crippen LogP contribution in [0.1, 0.15) is 19.4 Å². The standard InChI is InChI=1S/C14H19NO5/c1-9(2)8-20-14(19)15-12(13(17)18)7-10-3-5-11(16)6-4-10/h3-6,9,12,16H,7-8H2,1-2H3,(H,15,19)(H,17,18). The van der Waals surface area contributed by atoms with Crippen LogP contribution in [-0.2, 0) is 16.0 Å². The molecule has 1 aromatic carbocycles. The first-order chi connectivity index (χ1) is 9.38. The Bertz CT molecular complexity index is 455. The lowest BCUT2D eigenvalue weighted by atomic mass is 10.1. The van der Waals surface area contributed by atoms with Crippen LogP contribution in [0.4, 0.5) is 4.79 Å². The molecule has 0 spiro atoms. The molecule has 1 atom stereocenters. The number of aliphatic carboxylic acids is 1. The number of carboxylic acids is 1. The summed E-state index contributed by atoms with van der Waals surface area (Å²) in [4.78, 5) is 22.6. The minimum Gasteiger partial charge on any atom is -0.508 e. The molecule has 0 radical (unpaired) electrons. The van der Waals surface area contributed by atoms with Crippen molar-refractivity contribution in [2.75, 3.05) is 6.61 Å². The quantitative estimate of drug-likeness (QED) is 0.738. The van der Waals surface area contributed by atoms with E-state index in [4.69, 9.17) is 14.9 Å². The number of phenols is 1. The highest BCUT2D eigenvalue weighted by Crippen LogP contribution is 2.11. The summed E-state index contributed by atoms with van der Waals surface area (Å²) in [7, 11) is 0. The van der Waals surface area contributed by atoms with Crippen molar-refractivity contribution in [3.05, 3.63) is 29.8 Å². The molecular weight excluding hydrogens is 262 g/mol. The second-order valence-corrected chi connectivity index (χ2v) is 4.90. The number of hydrogen-bond acceptors (Lipinski definition) is 4. The summed E-state index contributed by atoms with van der Waals surface area (Å²) in [6, 6.07) is 5.06. The Labute approximate surface area is 117 Å². The number of ether oxygens (including phenoxy) is 1. The third-order valence-corrected chi connectivity index (χ3v) is 2.51. The number of hydrogen-bond donors (Lipinski definition) is 3. The number of benzene rings is 1. The van der Waals surface area contributed by atoms with Crippen LogP contribution in [0.15, 0.2) is 24.3 Å². The second-order valence-electron chi connectivity index (χ2n) is 4.90. The fourth-order valence-corrected chi connectivity index (χ4v) is 1.49. The monoisotopic (exact) mass is 281 g/mol. The molecule has 0 heterocycles. The zero-order valence-corrected chi connectivity index (χ0v) is 11.5. The van der Waals surface area contributed by atoms with Crippen molar-refractivity contribution in [1.29, 1.82) is 0 Å². The summed E-state index contributed by atoms with van der Waals surface area (Å²) in [6.45, 7) is 4.01. The molecule has 0 aromatic heterocycles. The predicted molar refractivity (Wildman–Crippen MR) is 72.6 cm³/mol. The second kappa shape index (κ2) is 7.37. The van der Waals surface area contributed by atoms with E-state index < -0.39 is 18.1 Å². The van der Waals surface area contributed by atoms with E-state index in [1.807, 2.05) is 13.8 Å². The molecule has 0 aliphatic carbocycles. The first kappa shape index (κ1) is 15.8. The third-order valence-electron chi connectivity index (χ3n) is 2.51. The maximum atomic E-state index is 11.5. The number of carbonyl (C=O) groups excluding carboxylic acids is 1. The minimum atomic E-state index is -1.14. The molecule has 1 rings (SSSR count). The summed E-state index contributed by atoms with van der Waals surface area (Å²) < 4.78 is 4.89. The lowest BCUT2D eigenvalue weighted by Gasteiger charge is -2.15. The van der Waals surface area contributed by atoms with Crippen molar-refractivity contribution in [2.24, 2.45) is 5.92 Å². The molecule has 0 saturated heterocycles. The number of amides is 1. The first-order valence-corrected chi connectivity index (χ1v) is 6.32. The van der Waals surface area contributed by atoms with E-state index in [9.17, 15) is 9.59 Å². The Balaban J connectivity index is 2.58. The molecule has 6 nitrogen and oxygen atoms in total. The van der Waals surface area contributed by atoms with Gasteiger partial charge in [-0.2, -0.15) is 0 Å². The molecule has 0 fully saturated rings. The Morgan fingerprint density at radius 3 is 2.35 bits per heavy atom. The topological polar surface area (TPSA) is 95.9 Å². The van der Waals surface area contributed by atoms with Crippen molar-refractivity contribution in [3.8, 4) is 5.75 Å². The average molecular weight is 281 g/mol. The molecule has 0 bridgehead atoms. The molecule has 1 aromatic rings. The smallest absolute Gasteiger partial charge is 0.407 e. The number of rotatable bonds is 6. The van der Waals surface area contributed by atoms with Crippen molar-refractivity contribution >= 4 is 12.1 Å². The van der Waals surface area contributed by atoms with Gasteiger partial charge in [-0.1, -0.05) is 26.0 Å². The van der Waals surface area contributed by atoms with Gasteiger partial charge in [-0.25, -0.2) is 9.59 Å². The summed E-state index contributed by atoms with van der Waals surface area (Å²) in [5.41, 5.74) is 0.694. The van der Waals surface area contributed by atoms with Crippen LogP contribution >= 0.6 is 0 Å². The summed E-state index contributed by atoms with van der Waals surface area (Å²) in [6.07, 6.45) is -0.628. The summed E-state index contributed by atoms with van der Waals surface area (Å²) >= 11 is 0. The number of aromatic hydroxyl groups is 1. The van der Waals surface area contributed by atoms with Gasteiger partial charge in [-0.05, 0) is 23.6 Å². The maximum absolute atomic E-state index is 11.5. The fourth-order valence-electron chi connectivity index (χ4n) is 1.49. The van der Waals surface area contributed by atoms with E-state index in [2.05, 4.69) is 5.32 Å². The lowest BCUT2D eigenvalue weighted by molar-refractivity contribution is -0.139. The van der Waals surface area contributed by atoms with Gasteiger partial charge < -0.3 is 20.3 Å². The molecule has 0 aliphatic heterocycles. The molecule has 3 N–H and O–H groups in total. The fraction of sp³-hybridized carbons (Fsp3) is 0.429. The highest BCUT2D eigenvalue weighted by atomic mass is 16.5.